The molecule has 2 heteroatoms. The Kier molecular flexibility index (Phi) is 2.22. The molecule has 0 heterocycles. The number of hydrogen-bond donors (Lipinski definition) is 0. The van der Waals surface area contributed by atoms with Crippen molar-refractivity contribution in [2.75, 3.05) is 0 Å². The van der Waals surface area contributed by atoms with Gasteiger partial charge in [-0.1, -0.05) is 12.8 Å². The van der Waals surface area contributed by atoms with Crippen molar-refractivity contribution in [1.29, 1.82) is 0 Å². The Morgan fingerprint density at radius 1 is 0.769 bits per heavy atom. The van der Waals surface area contributed by atoms with Crippen LogP contribution in [-0.4, -0.2) is 11.6 Å². The van der Waals surface area contributed by atoms with Gasteiger partial charge in [-0.3, -0.25) is 9.59 Å². The molecule has 1 atom stereocenters. The van der Waals surface area contributed by atoms with E-state index in [0.717, 1.165) is 38.5 Å². The highest BCUT2D eigenvalue weighted by molar-refractivity contribution is 6.08. The van der Waals surface area contributed by atoms with Gasteiger partial charge in [0.15, 0.2) is 0 Å². The number of ketones is 2. The van der Waals surface area contributed by atoms with Crippen molar-refractivity contribution in [2.45, 2.75) is 51.4 Å². The molecule has 2 saturated carbocycles. The van der Waals surface area contributed by atoms with Crippen molar-refractivity contribution in [3.8, 4) is 0 Å². The highest BCUT2D eigenvalue weighted by Crippen LogP contribution is 2.43. The quantitative estimate of drug-likeness (QED) is 0.536. The molecule has 1 spiro atoms. The molecule has 0 unspecified atom stereocenters. The molecule has 0 N–H and O–H groups in total. The van der Waals surface area contributed by atoms with Crippen molar-refractivity contribution < 1.29 is 9.59 Å². The SMILES string of the molecule is O=C1CCCCC[C@@]12CCCC2=O. The minimum atomic E-state index is -0.503. The van der Waals surface area contributed by atoms with Gasteiger partial charge in [0, 0.05) is 12.8 Å². The molecule has 0 bridgehead atoms. The van der Waals surface area contributed by atoms with E-state index in [4.69, 9.17) is 0 Å². The number of hydrogen-bond acceptors (Lipinski definition) is 2. The monoisotopic (exact) mass is 180 g/mol. The van der Waals surface area contributed by atoms with Crippen LogP contribution in [-0.2, 0) is 9.59 Å². The number of rotatable bonds is 0. The van der Waals surface area contributed by atoms with Crippen molar-refractivity contribution in [3.63, 3.8) is 0 Å². The number of carbonyl (C=O) groups excluding carboxylic acids is 2. The van der Waals surface area contributed by atoms with Crippen molar-refractivity contribution >= 4 is 11.6 Å². The van der Waals surface area contributed by atoms with E-state index < -0.39 is 5.41 Å². The number of carbonyl (C=O) groups is 2. The third kappa shape index (κ3) is 1.32. The lowest BCUT2D eigenvalue weighted by Gasteiger charge is -2.23. The second-order valence-corrected chi connectivity index (χ2v) is 4.34. The van der Waals surface area contributed by atoms with E-state index >= 15 is 0 Å². The van der Waals surface area contributed by atoms with E-state index in [1.807, 2.05) is 0 Å². The first kappa shape index (κ1) is 8.92. The third-order valence-corrected chi connectivity index (χ3v) is 3.58. The van der Waals surface area contributed by atoms with Crippen molar-refractivity contribution in [3.05, 3.63) is 0 Å². The van der Waals surface area contributed by atoms with Gasteiger partial charge in [-0.25, -0.2) is 0 Å². The van der Waals surface area contributed by atoms with E-state index in [1.54, 1.807) is 0 Å². The zero-order valence-electron chi connectivity index (χ0n) is 7.97. The molecule has 0 saturated heterocycles. The Morgan fingerprint density at radius 2 is 1.38 bits per heavy atom. The summed E-state index contributed by atoms with van der Waals surface area (Å²) in [5.41, 5.74) is -0.503. The molecular formula is C11H16O2. The summed E-state index contributed by atoms with van der Waals surface area (Å²) in [7, 11) is 0. The molecule has 72 valence electrons. The molecule has 0 aromatic heterocycles. The van der Waals surface area contributed by atoms with Gasteiger partial charge >= 0.3 is 0 Å². The summed E-state index contributed by atoms with van der Waals surface area (Å²) in [5, 5.41) is 0. The molecule has 0 aromatic carbocycles. The van der Waals surface area contributed by atoms with Gasteiger partial charge in [0.25, 0.3) is 0 Å². The van der Waals surface area contributed by atoms with Crippen LogP contribution in [0.1, 0.15) is 51.4 Å². The molecule has 0 aromatic rings. The Morgan fingerprint density at radius 3 is 2.08 bits per heavy atom. The molecule has 2 nitrogen and oxygen atoms in total. The van der Waals surface area contributed by atoms with E-state index in [9.17, 15) is 9.59 Å². The molecule has 0 radical (unpaired) electrons. The summed E-state index contributed by atoms with van der Waals surface area (Å²) in [5.74, 6) is 0.479. The normalized spacial score (nSPS) is 35.4. The van der Waals surface area contributed by atoms with Crippen LogP contribution in [0, 0.1) is 5.41 Å². The molecule has 2 aliphatic carbocycles. The van der Waals surface area contributed by atoms with Gasteiger partial charge < -0.3 is 0 Å². The lowest BCUT2D eigenvalue weighted by atomic mass is 9.77. The molecule has 0 amide bonds. The van der Waals surface area contributed by atoms with Gasteiger partial charge in [0.05, 0.1) is 5.41 Å². The number of Topliss-reactive ketones (excluding diaryl/α,β-unsaturated/α-hetero) is 2. The van der Waals surface area contributed by atoms with Crippen LogP contribution in [0.2, 0.25) is 0 Å². The highest BCUT2D eigenvalue weighted by atomic mass is 16.2. The van der Waals surface area contributed by atoms with E-state index in [0.29, 0.717) is 12.8 Å². The highest BCUT2D eigenvalue weighted by Gasteiger charge is 2.47. The summed E-state index contributed by atoms with van der Waals surface area (Å²) in [6.07, 6.45) is 7.09. The summed E-state index contributed by atoms with van der Waals surface area (Å²) >= 11 is 0. The smallest absolute Gasteiger partial charge is 0.146 e. The Bertz CT molecular complexity index is 244. The van der Waals surface area contributed by atoms with Crippen LogP contribution in [0.15, 0.2) is 0 Å². The molecule has 13 heavy (non-hydrogen) atoms. The van der Waals surface area contributed by atoms with Crippen LogP contribution >= 0.6 is 0 Å². The van der Waals surface area contributed by atoms with Gasteiger partial charge in [0.1, 0.15) is 11.6 Å². The predicted octanol–water partition coefficient (Wildman–Crippen LogP) is 2.26. The van der Waals surface area contributed by atoms with Gasteiger partial charge in [-0.05, 0) is 25.7 Å². The molecular weight excluding hydrogens is 164 g/mol. The summed E-state index contributed by atoms with van der Waals surface area (Å²) in [6, 6.07) is 0. The minimum absolute atomic E-state index is 0.236. The van der Waals surface area contributed by atoms with Gasteiger partial charge in [-0.15, -0.1) is 0 Å². The van der Waals surface area contributed by atoms with Crippen molar-refractivity contribution in [1.82, 2.24) is 0 Å². The lowest BCUT2D eigenvalue weighted by Crippen LogP contribution is -2.34. The molecule has 2 rings (SSSR count). The minimum Gasteiger partial charge on any atom is -0.299 e. The third-order valence-electron chi connectivity index (χ3n) is 3.58. The van der Waals surface area contributed by atoms with Gasteiger partial charge in [-0.2, -0.15) is 0 Å². The average molecular weight is 180 g/mol. The predicted molar refractivity (Wildman–Crippen MR) is 49.4 cm³/mol. The fourth-order valence-corrected chi connectivity index (χ4v) is 2.76. The zero-order chi connectivity index (χ0) is 9.31. The first-order valence-electron chi connectivity index (χ1n) is 5.32. The standard InChI is InChI=1S/C11H16O2/c12-9-5-2-1-3-7-11(9)8-4-6-10(11)13/h1-8H2/t11-/m1/s1. The summed E-state index contributed by atoms with van der Waals surface area (Å²) in [4.78, 5) is 23.5. The second kappa shape index (κ2) is 3.24. The largest absolute Gasteiger partial charge is 0.299 e. The average Bonchev–Trinajstić information content (AvgIpc) is 2.36. The molecule has 2 aliphatic rings. The van der Waals surface area contributed by atoms with Crippen molar-refractivity contribution in [2.24, 2.45) is 5.41 Å². The zero-order valence-corrected chi connectivity index (χ0v) is 7.97. The van der Waals surface area contributed by atoms with Crippen LogP contribution < -0.4 is 0 Å². The lowest BCUT2D eigenvalue weighted by molar-refractivity contribution is -0.138. The van der Waals surface area contributed by atoms with E-state index in [2.05, 4.69) is 0 Å². The maximum Gasteiger partial charge on any atom is 0.146 e. The van der Waals surface area contributed by atoms with Crippen LogP contribution in [0.4, 0.5) is 0 Å². The van der Waals surface area contributed by atoms with E-state index in [1.165, 1.54) is 0 Å². The summed E-state index contributed by atoms with van der Waals surface area (Å²) < 4.78 is 0. The maximum absolute atomic E-state index is 11.8. The summed E-state index contributed by atoms with van der Waals surface area (Å²) in [6.45, 7) is 0. The van der Waals surface area contributed by atoms with Gasteiger partial charge in [0.2, 0.25) is 0 Å². The second-order valence-electron chi connectivity index (χ2n) is 4.34. The van der Waals surface area contributed by atoms with Crippen LogP contribution in [0.5, 0.6) is 0 Å². The Hall–Kier alpha value is -0.660. The van der Waals surface area contributed by atoms with Crippen LogP contribution in [0.25, 0.3) is 0 Å². The molecule has 2 fully saturated rings. The maximum atomic E-state index is 11.8. The molecule has 0 aliphatic heterocycles. The Balaban J connectivity index is 2.26. The first-order valence-corrected chi connectivity index (χ1v) is 5.32. The fourth-order valence-electron chi connectivity index (χ4n) is 2.76. The topological polar surface area (TPSA) is 34.1 Å². The van der Waals surface area contributed by atoms with Crippen LogP contribution in [0.3, 0.4) is 0 Å². The Labute approximate surface area is 78.7 Å². The van der Waals surface area contributed by atoms with E-state index in [-0.39, 0.29) is 11.6 Å². The fraction of sp³-hybridized carbons (Fsp3) is 0.818. The first-order chi connectivity index (χ1) is 6.26.